The minimum absolute atomic E-state index is 0.00449. The van der Waals surface area contributed by atoms with Crippen LogP contribution in [0.15, 0.2) is 224 Å². The molecule has 578 valence electrons. The zero-order valence-electron chi connectivity index (χ0n) is 58.1. The summed E-state index contributed by atoms with van der Waals surface area (Å²) in [4.78, 5) is 51.9. The summed E-state index contributed by atoms with van der Waals surface area (Å²) in [5.74, 6) is -5.54. The van der Waals surface area contributed by atoms with Gasteiger partial charge in [0.2, 0.25) is 23.6 Å². The van der Waals surface area contributed by atoms with Crippen molar-refractivity contribution in [3.63, 3.8) is 0 Å². The van der Waals surface area contributed by atoms with Crippen molar-refractivity contribution in [3.05, 3.63) is 258 Å². The Labute approximate surface area is 634 Å². The number of hydrogen-bond acceptors (Lipinski definition) is 28. The Hall–Kier alpha value is -16.2. The number of hydrogen-bond donors (Lipinski definition) is 24. The van der Waals surface area contributed by atoms with Crippen molar-refractivity contribution in [2.24, 2.45) is 0 Å². The van der Waals surface area contributed by atoms with Crippen LogP contribution < -0.4 is 35.5 Å². The molecule has 12 aromatic rings. The molecule has 0 aliphatic carbocycles. The van der Waals surface area contributed by atoms with Gasteiger partial charge in [-0.05, 0) is 174 Å². The molecule has 32 nitrogen and oxygen atoms in total. The number of ether oxygens (including phenoxy) is 3. The number of aromatic nitrogens is 1. The highest BCUT2D eigenvalue weighted by Gasteiger charge is 2.17. The summed E-state index contributed by atoms with van der Waals surface area (Å²) >= 11 is 0. The van der Waals surface area contributed by atoms with Crippen molar-refractivity contribution < 1.29 is 136 Å². The number of carbonyl (C=O) groups is 4. The summed E-state index contributed by atoms with van der Waals surface area (Å²) < 4.78 is 16.6. The van der Waals surface area contributed by atoms with Gasteiger partial charge in [-0.3, -0.25) is 19.2 Å². The number of anilines is 2. The van der Waals surface area contributed by atoms with Crippen LogP contribution in [0.25, 0.3) is 0 Å². The van der Waals surface area contributed by atoms with E-state index in [2.05, 4.69) is 26.3 Å². The standard InChI is InChI=1S/C19H15NO6.C17H13NO6.2C15H15NO5.C14H13NO5/c21-14-7-5-11(9-16(14)23)19(25)20-13-3-1-2-4-18(13)26-12-6-8-15(22)17(24)10-12;19-12-6-4-10(8-14(12)21)23-16-2-1-3-17(18-16)24-11-5-7-13(20)15(22)9-11;17-11-3-1-9(5-13(11)19)7-15(21)16-8-10-2-4-12(18)14(20)6-10;17-11-3-1-9(7-13(11)19)5-6-16-15(21)10-2-4-12(18)14(20)8-10;16-10-3-1-8(5-12(10)18)6-14(20)15-9-2-4-11(17)13(19)7-9/h1-10,21-24H,(H,20,25);1-9,19-22H;1-6,17-20H,7-8H2,(H,16,21);1-4,7-8,17-20H,5-6H2,(H,16,21);1-5,7,16-19H,6H2,(H,15,20). The first-order chi connectivity index (χ1) is 53.3. The average Bonchev–Trinajstić information content (AvgIpc) is 0.839. The van der Waals surface area contributed by atoms with E-state index >= 15 is 0 Å². The summed E-state index contributed by atoms with van der Waals surface area (Å²) in [5, 5.41) is 197. The molecule has 0 radical (unpaired) electrons. The third kappa shape index (κ3) is 24.5. The first-order valence-electron chi connectivity index (χ1n) is 32.7. The fourth-order valence-electron chi connectivity index (χ4n) is 9.39. The lowest BCUT2D eigenvalue weighted by Crippen LogP contribution is -2.25. The fraction of sp³-hybridized carbons (Fsp3) is 0.0625. The minimum Gasteiger partial charge on any atom is -0.504 e. The quantitative estimate of drug-likeness (QED) is 0.0264. The Morgan fingerprint density at radius 3 is 1.09 bits per heavy atom. The number of amides is 4. The molecule has 1 aromatic heterocycles. The summed E-state index contributed by atoms with van der Waals surface area (Å²) in [6, 6.07) is 52.0. The van der Waals surface area contributed by atoms with E-state index in [-0.39, 0.29) is 186 Å². The summed E-state index contributed by atoms with van der Waals surface area (Å²) in [6.07, 6.45) is 0.525. The van der Waals surface area contributed by atoms with Crippen LogP contribution in [0.5, 0.6) is 150 Å². The zero-order valence-corrected chi connectivity index (χ0v) is 58.1. The topological polar surface area (TPSA) is 562 Å². The summed E-state index contributed by atoms with van der Waals surface area (Å²) in [5.41, 5.74) is 3.59. The molecule has 0 fully saturated rings. The highest BCUT2D eigenvalue weighted by atomic mass is 16.5. The van der Waals surface area contributed by atoms with E-state index in [9.17, 15) is 111 Å². The van der Waals surface area contributed by atoms with Gasteiger partial charge in [0, 0.05) is 66.3 Å². The van der Waals surface area contributed by atoms with E-state index in [1.807, 2.05) is 0 Å². The predicted molar refractivity (Wildman–Crippen MR) is 400 cm³/mol. The van der Waals surface area contributed by atoms with Crippen LogP contribution in [-0.4, -0.2) is 137 Å². The van der Waals surface area contributed by atoms with Crippen LogP contribution in [0.3, 0.4) is 0 Å². The molecule has 32 heteroatoms. The lowest BCUT2D eigenvalue weighted by Gasteiger charge is -2.13. The molecule has 0 saturated heterocycles. The summed E-state index contributed by atoms with van der Waals surface area (Å²) in [6.45, 7) is 0.529. The van der Waals surface area contributed by atoms with Crippen LogP contribution in [0, 0.1) is 0 Å². The number of nitrogens with one attached hydrogen (secondary N) is 4. The van der Waals surface area contributed by atoms with Gasteiger partial charge in [0.05, 0.1) is 18.5 Å². The molecule has 1 heterocycles. The third-order valence-corrected chi connectivity index (χ3v) is 15.2. The Bertz CT molecular complexity index is 5230. The van der Waals surface area contributed by atoms with Crippen LogP contribution >= 0.6 is 0 Å². The maximum Gasteiger partial charge on any atom is 0.255 e. The van der Waals surface area contributed by atoms with Crippen molar-refractivity contribution in [2.45, 2.75) is 25.8 Å². The van der Waals surface area contributed by atoms with Crippen molar-refractivity contribution in [1.82, 2.24) is 15.6 Å². The Morgan fingerprint density at radius 1 is 0.286 bits per heavy atom. The van der Waals surface area contributed by atoms with Gasteiger partial charge in [-0.2, -0.15) is 4.98 Å². The van der Waals surface area contributed by atoms with Crippen LogP contribution in [0.4, 0.5) is 11.4 Å². The highest BCUT2D eigenvalue weighted by molar-refractivity contribution is 6.05. The molecular weight excluding hydrogens is 1460 g/mol. The lowest BCUT2D eigenvalue weighted by molar-refractivity contribution is -0.120. The van der Waals surface area contributed by atoms with Crippen molar-refractivity contribution in [3.8, 4) is 150 Å². The van der Waals surface area contributed by atoms with Crippen LogP contribution in [-0.2, 0) is 35.4 Å². The van der Waals surface area contributed by atoms with Crippen molar-refractivity contribution >= 4 is 35.0 Å². The number of benzene rings is 11. The Kier molecular flexibility index (Phi) is 27.8. The molecule has 0 aliphatic heterocycles. The van der Waals surface area contributed by atoms with Gasteiger partial charge in [-0.25, -0.2) is 0 Å². The SMILES string of the molecule is O=C(Cc1ccc(O)c(O)c1)NCc1ccc(O)c(O)c1.O=C(Cc1ccc(O)c(O)c1)Nc1ccc(O)c(O)c1.O=C(NCCc1ccc(O)c(O)c1)c1ccc(O)c(O)c1.O=C(Nc1ccccc1Oc1ccc(O)c(O)c1)c1ccc(O)c(O)c1.Oc1ccc(Oc2cccc(Oc3ccc(O)c(O)c3)n2)cc1O. The van der Waals surface area contributed by atoms with E-state index in [1.165, 1.54) is 158 Å². The van der Waals surface area contributed by atoms with Gasteiger partial charge in [-0.1, -0.05) is 42.5 Å². The fourth-order valence-corrected chi connectivity index (χ4v) is 9.39. The molecule has 112 heavy (non-hydrogen) atoms. The van der Waals surface area contributed by atoms with E-state index in [0.717, 1.165) is 11.6 Å². The summed E-state index contributed by atoms with van der Waals surface area (Å²) in [7, 11) is 0. The van der Waals surface area contributed by atoms with E-state index in [0.29, 0.717) is 46.8 Å². The average molecular weight is 1530 g/mol. The highest BCUT2D eigenvalue weighted by Crippen LogP contribution is 2.38. The second kappa shape index (κ2) is 38.2. The van der Waals surface area contributed by atoms with Crippen molar-refractivity contribution in [2.75, 3.05) is 17.2 Å². The predicted octanol–water partition coefficient (Wildman–Crippen LogP) is 11.6. The molecule has 0 spiro atoms. The first-order valence-corrected chi connectivity index (χ1v) is 32.7. The van der Waals surface area contributed by atoms with Crippen LogP contribution in [0.1, 0.15) is 43.0 Å². The van der Waals surface area contributed by atoms with Gasteiger partial charge in [0.1, 0.15) is 17.2 Å². The van der Waals surface area contributed by atoms with Gasteiger partial charge in [0.25, 0.3) is 11.8 Å². The number of para-hydroxylation sites is 2. The number of pyridine rings is 1. The maximum absolute atomic E-state index is 12.3. The number of rotatable bonds is 19. The van der Waals surface area contributed by atoms with Crippen molar-refractivity contribution in [1.29, 1.82) is 0 Å². The van der Waals surface area contributed by atoms with Gasteiger partial charge in [-0.15, -0.1) is 0 Å². The largest absolute Gasteiger partial charge is 0.504 e. The second-order valence-electron chi connectivity index (χ2n) is 23.6. The molecule has 0 unspecified atom stereocenters. The van der Waals surface area contributed by atoms with Gasteiger partial charge in [0.15, 0.2) is 121 Å². The molecule has 4 amide bonds. The Balaban J connectivity index is 0.000000176. The molecule has 0 aliphatic rings. The lowest BCUT2D eigenvalue weighted by atomic mass is 10.1. The minimum atomic E-state index is -0.509. The molecule has 11 aromatic carbocycles. The number of nitrogens with zero attached hydrogens (tertiary/aromatic N) is 1. The number of phenolic OH excluding ortho intramolecular Hbond substituents is 20. The molecular formula is C80H71N5O27. The Morgan fingerprint density at radius 2 is 0.643 bits per heavy atom. The molecule has 0 atom stereocenters. The zero-order chi connectivity index (χ0) is 81.3. The van der Waals surface area contributed by atoms with Crippen LogP contribution in [0.2, 0.25) is 0 Å². The van der Waals surface area contributed by atoms with E-state index in [1.54, 1.807) is 60.7 Å². The molecule has 24 N–H and O–H groups in total. The maximum atomic E-state index is 12.3. The second-order valence-corrected chi connectivity index (χ2v) is 23.6. The van der Waals surface area contributed by atoms with Gasteiger partial charge >= 0.3 is 0 Å². The first kappa shape index (κ1) is 81.5. The normalized spacial score (nSPS) is 10.3. The number of aromatic hydroxyl groups is 20. The monoisotopic (exact) mass is 1530 g/mol. The molecule has 0 bridgehead atoms. The van der Waals surface area contributed by atoms with E-state index in [4.69, 9.17) is 24.4 Å². The molecule has 12 rings (SSSR count). The third-order valence-electron chi connectivity index (χ3n) is 15.2. The molecule has 0 saturated carbocycles. The number of phenols is 20. The van der Waals surface area contributed by atoms with E-state index < -0.39 is 11.7 Å². The van der Waals surface area contributed by atoms with Gasteiger partial charge < -0.3 is 138 Å². The smallest absolute Gasteiger partial charge is 0.255 e. The number of carbonyl (C=O) groups excluding carboxylic acids is 4.